The van der Waals surface area contributed by atoms with Crippen molar-refractivity contribution in [2.75, 3.05) is 24.3 Å². The van der Waals surface area contributed by atoms with E-state index >= 15 is 0 Å². The molecule has 0 bridgehead atoms. The SMILES string of the molecule is CSCCCNC(=O)c1sccc1N. The van der Waals surface area contributed by atoms with Crippen LogP contribution >= 0.6 is 23.1 Å². The Balaban J connectivity index is 2.32. The summed E-state index contributed by atoms with van der Waals surface area (Å²) in [5, 5.41) is 4.66. The van der Waals surface area contributed by atoms with Crippen LogP contribution in [0, 0.1) is 0 Å². The molecule has 3 nitrogen and oxygen atoms in total. The van der Waals surface area contributed by atoms with Crippen molar-refractivity contribution in [1.29, 1.82) is 0 Å². The molecule has 1 amide bonds. The van der Waals surface area contributed by atoms with E-state index in [1.165, 1.54) is 11.3 Å². The number of anilines is 1. The van der Waals surface area contributed by atoms with Gasteiger partial charge in [0.05, 0.1) is 5.69 Å². The van der Waals surface area contributed by atoms with Crippen molar-refractivity contribution in [3.05, 3.63) is 16.3 Å². The van der Waals surface area contributed by atoms with Gasteiger partial charge < -0.3 is 11.1 Å². The number of nitrogen functional groups attached to an aromatic ring is 1. The third kappa shape index (κ3) is 3.23. The Morgan fingerprint density at radius 3 is 3.07 bits per heavy atom. The first-order valence-electron chi connectivity index (χ1n) is 4.36. The van der Waals surface area contributed by atoms with Gasteiger partial charge in [-0.1, -0.05) is 0 Å². The van der Waals surface area contributed by atoms with Gasteiger partial charge in [-0.25, -0.2) is 0 Å². The predicted molar refractivity (Wildman–Crippen MR) is 64.1 cm³/mol. The maximum atomic E-state index is 11.5. The molecule has 3 N–H and O–H groups in total. The molecule has 1 rings (SSSR count). The molecule has 0 spiro atoms. The van der Waals surface area contributed by atoms with E-state index < -0.39 is 0 Å². The highest BCUT2D eigenvalue weighted by atomic mass is 32.2. The molecular formula is C9H14N2OS2. The van der Waals surface area contributed by atoms with Gasteiger partial charge in [0.15, 0.2) is 0 Å². The molecule has 0 atom stereocenters. The van der Waals surface area contributed by atoms with Gasteiger partial charge in [-0.3, -0.25) is 4.79 Å². The first-order valence-corrected chi connectivity index (χ1v) is 6.63. The van der Waals surface area contributed by atoms with Crippen molar-refractivity contribution >= 4 is 34.7 Å². The van der Waals surface area contributed by atoms with Crippen molar-refractivity contribution in [2.24, 2.45) is 0 Å². The van der Waals surface area contributed by atoms with E-state index in [1.807, 2.05) is 5.38 Å². The molecule has 0 fully saturated rings. The minimum Gasteiger partial charge on any atom is -0.397 e. The minimum absolute atomic E-state index is 0.0568. The Kier molecular flexibility index (Phi) is 4.82. The zero-order valence-electron chi connectivity index (χ0n) is 8.08. The van der Waals surface area contributed by atoms with Gasteiger partial charge in [-0.2, -0.15) is 11.8 Å². The molecule has 14 heavy (non-hydrogen) atoms. The van der Waals surface area contributed by atoms with Crippen molar-refractivity contribution in [2.45, 2.75) is 6.42 Å². The van der Waals surface area contributed by atoms with Crippen LogP contribution in [0.4, 0.5) is 5.69 Å². The van der Waals surface area contributed by atoms with Gasteiger partial charge in [0.25, 0.3) is 5.91 Å². The first-order chi connectivity index (χ1) is 6.75. The smallest absolute Gasteiger partial charge is 0.263 e. The zero-order valence-corrected chi connectivity index (χ0v) is 9.71. The molecule has 0 saturated heterocycles. The van der Waals surface area contributed by atoms with Gasteiger partial charge in [0.1, 0.15) is 4.88 Å². The molecule has 1 heterocycles. The van der Waals surface area contributed by atoms with Crippen molar-refractivity contribution in [3.8, 4) is 0 Å². The topological polar surface area (TPSA) is 55.1 Å². The average Bonchev–Trinajstić information content (AvgIpc) is 2.59. The van der Waals surface area contributed by atoms with E-state index in [0.29, 0.717) is 10.6 Å². The quantitative estimate of drug-likeness (QED) is 0.759. The Labute approximate surface area is 92.1 Å². The Morgan fingerprint density at radius 2 is 2.50 bits per heavy atom. The van der Waals surface area contributed by atoms with Crippen LogP contribution in [0.1, 0.15) is 16.1 Å². The van der Waals surface area contributed by atoms with Gasteiger partial charge in [-0.05, 0) is 29.9 Å². The fourth-order valence-corrected chi connectivity index (χ4v) is 2.17. The average molecular weight is 230 g/mol. The van der Waals surface area contributed by atoms with E-state index in [9.17, 15) is 4.79 Å². The van der Waals surface area contributed by atoms with Crippen molar-refractivity contribution < 1.29 is 4.79 Å². The fourth-order valence-electron chi connectivity index (χ4n) is 1.00. The van der Waals surface area contributed by atoms with E-state index in [4.69, 9.17) is 5.73 Å². The Hall–Kier alpha value is -0.680. The number of nitrogens with one attached hydrogen (secondary N) is 1. The maximum absolute atomic E-state index is 11.5. The number of hydrogen-bond donors (Lipinski definition) is 2. The summed E-state index contributed by atoms with van der Waals surface area (Å²) in [5.74, 6) is 1.01. The van der Waals surface area contributed by atoms with Gasteiger partial charge in [0, 0.05) is 6.54 Å². The van der Waals surface area contributed by atoms with Gasteiger partial charge in [-0.15, -0.1) is 11.3 Å². The summed E-state index contributed by atoms with van der Waals surface area (Å²) in [6, 6.07) is 1.75. The summed E-state index contributed by atoms with van der Waals surface area (Å²) < 4.78 is 0. The molecule has 0 aliphatic heterocycles. The highest BCUT2D eigenvalue weighted by Crippen LogP contribution is 2.18. The van der Waals surface area contributed by atoms with Crippen LogP contribution in [0.5, 0.6) is 0 Å². The monoisotopic (exact) mass is 230 g/mol. The number of rotatable bonds is 5. The highest BCUT2D eigenvalue weighted by molar-refractivity contribution is 7.98. The molecule has 78 valence electrons. The molecule has 0 saturated carbocycles. The molecular weight excluding hydrogens is 216 g/mol. The van der Waals surface area contributed by atoms with E-state index in [2.05, 4.69) is 11.6 Å². The predicted octanol–water partition coefficient (Wildman–Crippen LogP) is 1.81. The number of carbonyl (C=O) groups excluding carboxylic acids is 1. The Morgan fingerprint density at radius 1 is 1.71 bits per heavy atom. The maximum Gasteiger partial charge on any atom is 0.263 e. The van der Waals surface area contributed by atoms with Crippen LogP contribution in [0.15, 0.2) is 11.4 Å². The van der Waals surface area contributed by atoms with Crippen LogP contribution in [0.3, 0.4) is 0 Å². The molecule has 0 radical (unpaired) electrons. The summed E-state index contributed by atoms with van der Waals surface area (Å²) in [6.07, 6.45) is 3.05. The normalized spacial score (nSPS) is 10.1. The third-order valence-corrected chi connectivity index (χ3v) is 3.34. The summed E-state index contributed by atoms with van der Waals surface area (Å²) in [4.78, 5) is 12.1. The molecule has 1 aromatic heterocycles. The first kappa shape index (κ1) is 11.4. The van der Waals surface area contributed by atoms with Crippen molar-refractivity contribution in [3.63, 3.8) is 0 Å². The second-order valence-corrected chi connectivity index (χ2v) is 4.71. The van der Waals surface area contributed by atoms with Crippen LogP contribution in [-0.4, -0.2) is 24.5 Å². The summed E-state index contributed by atoms with van der Waals surface area (Å²) in [7, 11) is 0. The lowest BCUT2D eigenvalue weighted by molar-refractivity contribution is 0.0958. The fraction of sp³-hybridized carbons (Fsp3) is 0.444. The van der Waals surface area contributed by atoms with Crippen LogP contribution in [0.2, 0.25) is 0 Å². The van der Waals surface area contributed by atoms with Gasteiger partial charge in [0.2, 0.25) is 0 Å². The van der Waals surface area contributed by atoms with E-state index in [0.717, 1.165) is 18.7 Å². The number of nitrogens with two attached hydrogens (primary N) is 1. The minimum atomic E-state index is -0.0568. The van der Waals surface area contributed by atoms with E-state index in [-0.39, 0.29) is 5.91 Å². The summed E-state index contributed by atoms with van der Waals surface area (Å²) in [5.41, 5.74) is 6.18. The Bertz CT molecular complexity index is 299. The number of thiophene rings is 1. The lowest BCUT2D eigenvalue weighted by atomic mass is 10.3. The lowest BCUT2D eigenvalue weighted by Gasteiger charge is -2.02. The molecule has 0 aliphatic carbocycles. The molecule has 5 heteroatoms. The summed E-state index contributed by atoms with van der Waals surface area (Å²) >= 11 is 3.16. The highest BCUT2D eigenvalue weighted by Gasteiger charge is 2.09. The largest absolute Gasteiger partial charge is 0.397 e. The molecule has 0 aromatic carbocycles. The van der Waals surface area contributed by atoms with Crippen LogP contribution < -0.4 is 11.1 Å². The number of thioether (sulfide) groups is 1. The number of hydrogen-bond acceptors (Lipinski definition) is 4. The van der Waals surface area contributed by atoms with Crippen LogP contribution in [-0.2, 0) is 0 Å². The van der Waals surface area contributed by atoms with E-state index in [1.54, 1.807) is 17.8 Å². The molecule has 1 aromatic rings. The molecule has 0 aliphatic rings. The van der Waals surface area contributed by atoms with Crippen LogP contribution in [0.25, 0.3) is 0 Å². The lowest BCUT2D eigenvalue weighted by Crippen LogP contribution is -2.24. The molecule has 0 unspecified atom stereocenters. The second-order valence-electron chi connectivity index (χ2n) is 2.81. The second kappa shape index (κ2) is 5.93. The van der Waals surface area contributed by atoms with Gasteiger partial charge >= 0.3 is 0 Å². The van der Waals surface area contributed by atoms with Crippen molar-refractivity contribution in [1.82, 2.24) is 5.32 Å². The zero-order chi connectivity index (χ0) is 10.4. The number of carbonyl (C=O) groups is 1. The summed E-state index contributed by atoms with van der Waals surface area (Å²) in [6.45, 7) is 0.719. The third-order valence-electron chi connectivity index (χ3n) is 1.71. The standard InChI is InChI=1S/C9H14N2OS2/c1-13-5-2-4-11-9(12)8-7(10)3-6-14-8/h3,6H,2,4-5,10H2,1H3,(H,11,12). The number of amides is 1.